The lowest BCUT2D eigenvalue weighted by molar-refractivity contribution is -0.373. The largest absolute Gasteiger partial charge is 0.420 e. The van der Waals surface area contributed by atoms with Crippen LogP contribution in [0.15, 0.2) is 0 Å². The fourth-order valence-corrected chi connectivity index (χ4v) is 0.552. The monoisotopic (exact) mass is 226 g/mol. The average molecular weight is 226 g/mol. The van der Waals surface area contributed by atoms with Gasteiger partial charge in [0.25, 0.3) is 0 Å². The minimum absolute atomic E-state index is 0.138. The first-order valence-electron chi connectivity index (χ1n) is 3.33. The predicted molar refractivity (Wildman–Crippen MR) is 33.4 cm³/mol. The molecule has 2 atom stereocenters. The van der Waals surface area contributed by atoms with E-state index in [1.807, 2.05) is 0 Å². The van der Waals surface area contributed by atoms with Crippen LogP contribution < -0.4 is 0 Å². The summed E-state index contributed by atoms with van der Waals surface area (Å²) in [4.78, 5) is 0. The molecule has 0 spiro atoms. The van der Waals surface area contributed by atoms with Gasteiger partial charge in [-0.25, -0.2) is 0 Å². The summed E-state index contributed by atoms with van der Waals surface area (Å²) < 4.78 is 71.7. The minimum atomic E-state index is -5.58. The molecule has 8 heteroatoms. The van der Waals surface area contributed by atoms with Crippen LogP contribution in [0.3, 0.4) is 0 Å². The molecule has 2 nitrogen and oxygen atoms in total. The van der Waals surface area contributed by atoms with Gasteiger partial charge in [-0.05, 0) is 13.8 Å². The molecule has 0 saturated heterocycles. The van der Waals surface area contributed by atoms with E-state index < -0.39 is 23.6 Å². The second-order valence-corrected chi connectivity index (χ2v) is 3.14. The predicted octanol–water partition coefficient (Wildman–Crippen LogP) is 1.61. The molecule has 14 heavy (non-hydrogen) atoms. The van der Waals surface area contributed by atoms with Crippen molar-refractivity contribution < 1.29 is 36.6 Å². The number of aliphatic hydroxyl groups is 2. The van der Waals surface area contributed by atoms with E-state index in [9.17, 15) is 26.3 Å². The Kier molecular flexibility index (Phi) is 2.89. The van der Waals surface area contributed by atoms with E-state index in [2.05, 4.69) is 0 Å². The number of alkyl halides is 6. The molecule has 0 rings (SSSR count). The van der Waals surface area contributed by atoms with Crippen molar-refractivity contribution in [3.63, 3.8) is 0 Å². The maximum absolute atomic E-state index is 11.9. The Hall–Kier alpha value is -0.500. The number of rotatable bonds is 1. The van der Waals surface area contributed by atoms with Crippen molar-refractivity contribution in [3.8, 4) is 0 Å². The van der Waals surface area contributed by atoms with Crippen LogP contribution in [0.1, 0.15) is 13.8 Å². The lowest BCUT2D eigenvalue weighted by atomic mass is 9.84. The van der Waals surface area contributed by atoms with Gasteiger partial charge in [0.1, 0.15) is 0 Å². The summed E-state index contributed by atoms with van der Waals surface area (Å²) in [6.45, 7) is -0.277. The number of hydrogen-bond donors (Lipinski definition) is 2. The zero-order valence-electron chi connectivity index (χ0n) is 7.16. The van der Waals surface area contributed by atoms with Crippen molar-refractivity contribution in [2.45, 2.75) is 37.4 Å². The van der Waals surface area contributed by atoms with Crippen LogP contribution in [0, 0.1) is 0 Å². The highest BCUT2D eigenvalue weighted by Gasteiger charge is 2.71. The molecule has 0 aliphatic rings. The van der Waals surface area contributed by atoms with Gasteiger partial charge in [-0.3, -0.25) is 0 Å². The van der Waals surface area contributed by atoms with E-state index in [0.29, 0.717) is 0 Å². The van der Waals surface area contributed by atoms with Gasteiger partial charge < -0.3 is 10.2 Å². The average Bonchev–Trinajstić information content (AvgIpc) is 1.81. The Morgan fingerprint density at radius 3 is 0.857 bits per heavy atom. The van der Waals surface area contributed by atoms with Gasteiger partial charge >= 0.3 is 12.4 Å². The quantitative estimate of drug-likeness (QED) is 0.667. The summed E-state index contributed by atoms with van der Waals surface area (Å²) in [5.41, 5.74) is -8.50. The van der Waals surface area contributed by atoms with Gasteiger partial charge in [0.15, 0.2) is 11.2 Å². The molecular weight excluding hydrogens is 218 g/mol. The van der Waals surface area contributed by atoms with E-state index in [4.69, 9.17) is 10.2 Å². The van der Waals surface area contributed by atoms with Crippen molar-refractivity contribution in [1.29, 1.82) is 0 Å². The Morgan fingerprint density at radius 1 is 0.643 bits per heavy atom. The fourth-order valence-electron chi connectivity index (χ4n) is 0.552. The molecule has 0 aromatic carbocycles. The Balaban J connectivity index is 5.30. The highest BCUT2D eigenvalue weighted by Crippen LogP contribution is 2.46. The smallest absolute Gasteiger partial charge is 0.378 e. The molecule has 0 saturated carbocycles. The van der Waals surface area contributed by atoms with Gasteiger partial charge in [-0.15, -0.1) is 0 Å². The van der Waals surface area contributed by atoms with E-state index >= 15 is 0 Å². The van der Waals surface area contributed by atoms with Crippen LogP contribution in [0.5, 0.6) is 0 Å². The highest BCUT2D eigenvalue weighted by atomic mass is 19.4. The maximum atomic E-state index is 11.9. The molecule has 0 aliphatic carbocycles. The van der Waals surface area contributed by atoms with Gasteiger partial charge in [-0.1, -0.05) is 0 Å². The molecule has 0 heterocycles. The fraction of sp³-hybridized carbons (Fsp3) is 1.00. The third-order valence-corrected chi connectivity index (χ3v) is 2.05. The van der Waals surface area contributed by atoms with Crippen molar-refractivity contribution in [2.24, 2.45) is 0 Å². The second kappa shape index (κ2) is 2.99. The summed E-state index contributed by atoms with van der Waals surface area (Å²) >= 11 is 0. The van der Waals surface area contributed by atoms with Crippen LogP contribution in [0.2, 0.25) is 0 Å². The second-order valence-electron chi connectivity index (χ2n) is 3.14. The normalized spacial score (nSPS) is 22.7. The van der Waals surface area contributed by atoms with E-state index in [1.54, 1.807) is 0 Å². The summed E-state index contributed by atoms with van der Waals surface area (Å²) in [7, 11) is 0. The number of halogens is 6. The van der Waals surface area contributed by atoms with Crippen LogP contribution in [0.4, 0.5) is 26.3 Å². The van der Waals surface area contributed by atoms with Gasteiger partial charge in [0.2, 0.25) is 0 Å². The summed E-state index contributed by atoms with van der Waals surface area (Å²) in [6.07, 6.45) is -11.2. The molecule has 0 amide bonds. The van der Waals surface area contributed by atoms with Gasteiger partial charge in [-0.2, -0.15) is 26.3 Å². The highest BCUT2D eigenvalue weighted by molar-refractivity contribution is 5.03. The standard InChI is InChI=1S/C6H8F6O2/c1-3(13,5(7,8)9)4(2,14)6(10,11)12/h13-14H,1-2H3/t3-,4-/m0/s1. The molecule has 0 unspecified atom stereocenters. The summed E-state index contributed by atoms with van der Waals surface area (Å²) in [5, 5.41) is 17.2. The molecule has 0 fully saturated rings. The van der Waals surface area contributed by atoms with E-state index in [1.165, 1.54) is 0 Å². The third kappa shape index (κ3) is 1.81. The topological polar surface area (TPSA) is 40.5 Å². The lowest BCUT2D eigenvalue weighted by Crippen LogP contribution is -2.66. The molecular formula is C6H8F6O2. The van der Waals surface area contributed by atoms with Gasteiger partial charge in [0.05, 0.1) is 0 Å². The number of hydrogen-bond acceptors (Lipinski definition) is 2. The minimum Gasteiger partial charge on any atom is -0.378 e. The molecule has 86 valence electrons. The van der Waals surface area contributed by atoms with Crippen molar-refractivity contribution in [1.82, 2.24) is 0 Å². The van der Waals surface area contributed by atoms with Crippen LogP contribution in [-0.4, -0.2) is 33.8 Å². The Morgan fingerprint density at radius 2 is 0.786 bits per heavy atom. The van der Waals surface area contributed by atoms with Crippen LogP contribution in [-0.2, 0) is 0 Å². The van der Waals surface area contributed by atoms with Gasteiger partial charge in [0, 0.05) is 0 Å². The van der Waals surface area contributed by atoms with E-state index in [-0.39, 0.29) is 13.8 Å². The molecule has 2 N–H and O–H groups in total. The molecule has 0 radical (unpaired) electrons. The van der Waals surface area contributed by atoms with Crippen molar-refractivity contribution in [3.05, 3.63) is 0 Å². The third-order valence-electron chi connectivity index (χ3n) is 2.05. The van der Waals surface area contributed by atoms with E-state index in [0.717, 1.165) is 0 Å². The zero-order valence-corrected chi connectivity index (χ0v) is 7.16. The first-order valence-corrected chi connectivity index (χ1v) is 3.33. The van der Waals surface area contributed by atoms with Crippen LogP contribution >= 0.6 is 0 Å². The first-order chi connectivity index (χ1) is 5.75. The molecule has 0 aromatic heterocycles. The Labute approximate surface area is 75.1 Å². The summed E-state index contributed by atoms with van der Waals surface area (Å²) in [5.74, 6) is 0. The first kappa shape index (κ1) is 13.5. The van der Waals surface area contributed by atoms with Crippen molar-refractivity contribution >= 4 is 0 Å². The molecule has 0 bridgehead atoms. The Bertz CT molecular complexity index is 189. The SMILES string of the molecule is C[C@@](O)(C(F)(F)F)[C@](C)(O)C(F)(F)F. The lowest BCUT2D eigenvalue weighted by Gasteiger charge is -2.40. The maximum Gasteiger partial charge on any atom is 0.420 e. The summed E-state index contributed by atoms with van der Waals surface area (Å²) in [6, 6.07) is 0. The zero-order chi connectivity index (χ0) is 12.0. The van der Waals surface area contributed by atoms with Crippen LogP contribution in [0.25, 0.3) is 0 Å². The van der Waals surface area contributed by atoms with Crippen molar-refractivity contribution in [2.75, 3.05) is 0 Å². The molecule has 0 aromatic rings. The molecule has 0 aliphatic heterocycles.